The second-order valence-corrected chi connectivity index (χ2v) is 11.7. The van der Waals surface area contributed by atoms with Crippen molar-refractivity contribution >= 4 is 43.1 Å². The highest BCUT2D eigenvalue weighted by Gasteiger charge is 2.26. The Hall–Kier alpha value is -6.20. The quantitative estimate of drug-likeness (QED) is 0.0789. The first-order chi connectivity index (χ1) is 22.3. The number of aryl methyl sites for hydroxylation is 1. The number of fused-ring (bicyclic) bond motifs is 4. The molecule has 8 rings (SSSR count). The highest BCUT2D eigenvalue weighted by molar-refractivity contribution is 6.25. The normalized spacial score (nSPS) is 11.6. The summed E-state index contributed by atoms with van der Waals surface area (Å²) in [5.41, 5.74) is 5.45. The van der Waals surface area contributed by atoms with Gasteiger partial charge in [-0.25, -0.2) is 0 Å². The molecule has 0 bridgehead atoms. The summed E-state index contributed by atoms with van der Waals surface area (Å²) >= 11 is 0. The molecule has 0 saturated carbocycles. The Bertz CT molecular complexity index is 2510. The van der Waals surface area contributed by atoms with Crippen LogP contribution in [0.5, 0.6) is 28.7 Å². The molecule has 46 heavy (non-hydrogen) atoms. The standard InChI is InChI=1S/C41H28O5/c1-22-17-19-31(27-13-5-4-11-25(22)27)35-29-14-6-7-15-30(29)36(28-16-8-10-23-9-2-3-12-26(23)28)33-21-24(18-20-32(33)35)34-37(42)39(44)41(46)40(45)38(34)43/h2-21,42-46H,1H3. The Morgan fingerprint density at radius 3 is 1.54 bits per heavy atom. The van der Waals surface area contributed by atoms with Gasteiger partial charge >= 0.3 is 0 Å². The maximum atomic E-state index is 10.9. The van der Waals surface area contributed by atoms with Gasteiger partial charge < -0.3 is 25.5 Å². The number of rotatable bonds is 3. The first-order valence-corrected chi connectivity index (χ1v) is 15.0. The van der Waals surface area contributed by atoms with Gasteiger partial charge in [0.15, 0.2) is 11.5 Å². The molecule has 0 aliphatic rings. The number of phenols is 5. The van der Waals surface area contributed by atoms with Gasteiger partial charge in [0.05, 0.1) is 5.56 Å². The van der Waals surface area contributed by atoms with Crippen LogP contribution in [0.4, 0.5) is 0 Å². The van der Waals surface area contributed by atoms with E-state index in [2.05, 4.69) is 67.6 Å². The van der Waals surface area contributed by atoms with Gasteiger partial charge in [-0.2, -0.15) is 0 Å². The summed E-state index contributed by atoms with van der Waals surface area (Å²) in [6, 6.07) is 41.0. The summed E-state index contributed by atoms with van der Waals surface area (Å²) in [5, 5.41) is 61.0. The molecule has 0 saturated heterocycles. The molecular weight excluding hydrogens is 572 g/mol. The molecule has 0 heterocycles. The van der Waals surface area contributed by atoms with Gasteiger partial charge in [0, 0.05) is 0 Å². The van der Waals surface area contributed by atoms with Gasteiger partial charge in [0.2, 0.25) is 17.2 Å². The van der Waals surface area contributed by atoms with E-state index in [0.717, 1.165) is 65.3 Å². The lowest BCUT2D eigenvalue weighted by Crippen LogP contribution is -1.94. The maximum absolute atomic E-state index is 10.9. The van der Waals surface area contributed by atoms with Gasteiger partial charge in [0.25, 0.3) is 0 Å². The molecule has 0 aliphatic heterocycles. The van der Waals surface area contributed by atoms with Crippen molar-refractivity contribution in [2.45, 2.75) is 6.92 Å². The van der Waals surface area contributed by atoms with Crippen molar-refractivity contribution in [3.63, 3.8) is 0 Å². The lowest BCUT2D eigenvalue weighted by atomic mass is 9.82. The van der Waals surface area contributed by atoms with Crippen molar-refractivity contribution in [2.24, 2.45) is 0 Å². The minimum absolute atomic E-state index is 0.186. The zero-order chi connectivity index (χ0) is 31.7. The minimum atomic E-state index is -0.990. The monoisotopic (exact) mass is 600 g/mol. The zero-order valence-corrected chi connectivity index (χ0v) is 24.8. The summed E-state index contributed by atoms with van der Waals surface area (Å²) < 4.78 is 0. The summed E-state index contributed by atoms with van der Waals surface area (Å²) in [6.45, 7) is 2.11. The van der Waals surface area contributed by atoms with E-state index in [0.29, 0.717) is 5.56 Å². The van der Waals surface area contributed by atoms with Gasteiger partial charge in [-0.3, -0.25) is 0 Å². The molecule has 0 atom stereocenters. The van der Waals surface area contributed by atoms with E-state index in [4.69, 9.17) is 0 Å². The van der Waals surface area contributed by atoms with Crippen LogP contribution in [-0.4, -0.2) is 25.5 Å². The van der Waals surface area contributed by atoms with Crippen LogP contribution in [0.15, 0.2) is 121 Å². The van der Waals surface area contributed by atoms with Crippen molar-refractivity contribution in [1.29, 1.82) is 0 Å². The predicted octanol–water partition coefficient (Wildman–Crippen LogP) is 10.1. The smallest absolute Gasteiger partial charge is 0.208 e. The first-order valence-electron chi connectivity index (χ1n) is 15.0. The van der Waals surface area contributed by atoms with Gasteiger partial charge in [-0.1, -0.05) is 115 Å². The van der Waals surface area contributed by atoms with Crippen LogP contribution in [-0.2, 0) is 0 Å². The minimum Gasteiger partial charge on any atom is -0.504 e. The van der Waals surface area contributed by atoms with Crippen LogP contribution in [0.2, 0.25) is 0 Å². The molecule has 0 aliphatic carbocycles. The Labute approximate surface area is 264 Å². The Kier molecular flexibility index (Phi) is 6.05. The van der Waals surface area contributed by atoms with Crippen molar-refractivity contribution in [3.8, 4) is 62.1 Å². The van der Waals surface area contributed by atoms with Crippen molar-refractivity contribution < 1.29 is 25.5 Å². The molecule has 0 spiro atoms. The van der Waals surface area contributed by atoms with E-state index in [9.17, 15) is 25.5 Å². The fourth-order valence-corrected chi connectivity index (χ4v) is 6.98. The largest absolute Gasteiger partial charge is 0.504 e. The lowest BCUT2D eigenvalue weighted by Gasteiger charge is -2.21. The second-order valence-electron chi connectivity index (χ2n) is 11.7. The maximum Gasteiger partial charge on any atom is 0.208 e. The van der Waals surface area contributed by atoms with Crippen molar-refractivity contribution in [2.75, 3.05) is 0 Å². The number of hydrogen-bond acceptors (Lipinski definition) is 5. The third kappa shape index (κ3) is 3.88. The molecule has 8 aromatic rings. The van der Waals surface area contributed by atoms with Crippen LogP contribution in [0.3, 0.4) is 0 Å². The van der Waals surface area contributed by atoms with E-state index in [1.807, 2.05) is 54.6 Å². The third-order valence-corrected chi connectivity index (χ3v) is 9.15. The summed E-state index contributed by atoms with van der Waals surface area (Å²) in [4.78, 5) is 0. The van der Waals surface area contributed by atoms with Gasteiger partial charge in [-0.15, -0.1) is 0 Å². The fourth-order valence-electron chi connectivity index (χ4n) is 6.98. The molecule has 5 nitrogen and oxygen atoms in total. The van der Waals surface area contributed by atoms with E-state index >= 15 is 0 Å². The average Bonchev–Trinajstić information content (AvgIpc) is 3.09. The van der Waals surface area contributed by atoms with E-state index in [1.54, 1.807) is 6.07 Å². The Morgan fingerprint density at radius 1 is 0.348 bits per heavy atom. The van der Waals surface area contributed by atoms with Crippen LogP contribution in [0.25, 0.3) is 76.5 Å². The number of phenolic OH excluding ortho intramolecular Hbond substituents is 5. The lowest BCUT2D eigenvalue weighted by molar-refractivity contribution is 0.330. The van der Waals surface area contributed by atoms with Crippen LogP contribution < -0.4 is 0 Å². The predicted molar refractivity (Wildman–Crippen MR) is 186 cm³/mol. The summed E-state index contributed by atoms with van der Waals surface area (Å²) in [7, 11) is 0. The molecule has 0 aromatic heterocycles. The van der Waals surface area contributed by atoms with E-state index in [1.165, 1.54) is 5.56 Å². The molecule has 5 N–H and O–H groups in total. The number of aromatic hydroxyl groups is 5. The SMILES string of the molecule is Cc1ccc(-c2c3ccccc3c(-c3cccc4ccccc34)c3cc(-c4c(O)c(O)c(O)c(O)c4O)ccc23)c2ccccc12. The van der Waals surface area contributed by atoms with Crippen LogP contribution in [0.1, 0.15) is 5.56 Å². The zero-order valence-electron chi connectivity index (χ0n) is 24.8. The van der Waals surface area contributed by atoms with Gasteiger partial charge in [0.1, 0.15) is 0 Å². The van der Waals surface area contributed by atoms with Crippen LogP contribution in [0, 0.1) is 6.92 Å². The van der Waals surface area contributed by atoms with Crippen LogP contribution >= 0.6 is 0 Å². The Balaban J connectivity index is 1.59. The average molecular weight is 601 g/mol. The molecule has 0 amide bonds. The molecule has 5 heteroatoms. The van der Waals surface area contributed by atoms with Crippen molar-refractivity contribution in [3.05, 3.63) is 127 Å². The third-order valence-electron chi connectivity index (χ3n) is 9.15. The van der Waals surface area contributed by atoms with E-state index in [-0.39, 0.29) is 5.56 Å². The molecule has 0 radical (unpaired) electrons. The second kappa shape index (κ2) is 10.2. The highest BCUT2D eigenvalue weighted by atomic mass is 16.4. The van der Waals surface area contributed by atoms with Gasteiger partial charge in [-0.05, 0) is 89.5 Å². The Morgan fingerprint density at radius 2 is 0.848 bits per heavy atom. The summed E-state index contributed by atoms with van der Waals surface area (Å²) in [5.74, 6) is -4.28. The number of hydrogen-bond donors (Lipinski definition) is 5. The first kappa shape index (κ1) is 27.4. The van der Waals surface area contributed by atoms with E-state index < -0.39 is 28.7 Å². The topological polar surface area (TPSA) is 101 Å². The molecule has 222 valence electrons. The summed E-state index contributed by atoms with van der Waals surface area (Å²) in [6.07, 6.45) is 0. The molecule has 8 aromatic carbocycles. The number of benzene rings is 8. The highest BCUT2D eigenvalue weighted by Crippen LogP contribution is 2.56. The fraction of sp³-hybridized carbons (Fsp3) is 0.0244. The molecule has 0 unspecified atom stereocenters. The molecular formula is C41H28O5. The molecule has 0 fully saturated rings. The van der Waals surface area contributed by atoms with Crippen molar-refractivity contribution in [1.82, 2.24) is 0 Å².